The zero-order valence-corrected chi connectivity index (χ0v) is 10.4. The van der Waals surface area contributed by atoms with Crippen LogP contribution in [0.1, 0.15) is 10.5 Å². The van der Waals surface area contributed by atoms with Gasteiger partial charge in [0.25, 0.3) is 5.69 Å². The Bertz CT molecular complexity index is 692. The molecule has 0 saturated heterocycles. The van der Waals surface area contributed by atoms with Gasteiger partial charge in [0.15, 0.2) is 11.4 Å². The molecular weight excluding hydrogens is 290 g/mol. The summed E-state index contributed by atoms with van der Waals surface area (Å²) in [6.07, 6.45) is 2.21. The molecule has 2 rings (SSSR count). The van der Waals surface area contributed by atoms with Crippen LogP contribution in [-0.2, 0) is 0 Å². The molecule has 0 spiro atoms. The van der Waals surface area contributed by atoms with Gasteiger partial charge in [0.2, 0.25) is 5.88 Å². The van der Waals surface area contributed by atoms with E-state index in [1.165, 1.54) is 18.3 Å². The largest absolute Gasteiger partial charge is 0.476 e. The first-order chi connectivity index (χ1) is 9.47. The van der Waals surface area contributed by atoms with E-state index in [0.29, 0.717) is 0 Å². The van der Waals surface area contributed by atoms with E-state index in [1.807, 2.05) is 0 Å². The monoisotopic (exact) mass is 295 g/mol. The van der Waals surface area contributed by atoms with Gasteiger partial charge in [-0.05, 0) is 6.07 Å². The van der Waals surface area contributed by atoms with Crippen molar-refractivity contribution in [2.45, 2.75) is 0 Å². The number of rotatable bonds is 4. The van der Waals surface area contributed by atoms with Crippen molar-refractivity contribution in [1.29, 1.82) is 0 Å². The third-order valence-electron chi connectivity index (χ3n) is 2.17. The molecule has 0 amide bonds. The summed E-state index contributed by atoms with van der Waals surface area (Å²) >= 11 is 5.84. The number of hydrogen-bond donors (Lipinski definition) is 1. The lowest BCUT2D eigenvalue weighted by Crippen LogP contribution is -2.02. The van der Waals surface area contributed by atoms with E-state index in [2.05, 4.69) is 9.97 Å². The topological polar surface area (TPSA) is 115 Å². The van der Waals surface area contributed by atoms with E-state index in [4.69, 9.17) is 21.4 Å². The predicted molar refractivity (Wildman–Crippen MR) is 67.2 cm³/mol. The van der Waals surface area contributed by atoms with E-state index in [-0.39, 0.29) is 28.0 Å². The molecule has 0 atom stereocenters. The van der Waals surface area contributed by atoms with Crippen LogP contribution in [0.2, 0.25) is 5.02 Å². The highest BCUT2D eigenvalue weighted by atomic mass is 35.5. The molecule has 0 radical (unpaired) electrons. The summed E-state index contributed by atoms with van der Waals surface area (Å²) in [6, 6.07) is 3.62. The Kier molecular flexibility index (Phi) is 3.76. The van der Waals surface area contributed by atoms with Gasteiger partial charge in [-0.3, -0.25) is 15.1 Å². The molecule has 1 N–H and O–H groups in total. The molecule has 0 fully saturated rings. The molecule has 0 bridgehead atoms. The van der Waals surface area contributed by atoms with Crippen LogP contribution in [0, 0.1) is 10.1 Å². The first-order valence-corrected chi connectivity index (χ1v) is 5.52. The normalized spacial score (nSPS) is 10.1. The third kappa shape index (κ3) is 2.98. The van der Waals surface area contributed by atoms with E-state index in [1.54, 1.807) is 0 Å². The van der Waals surface area contributed by atoms with Crippen molar-refractivity contribution in [2.24, 2.45) is 0 Å². The Morgan fingerprint density at radius 2 is 2.15 bits per heavy atom. The second-order valence-electron chi connectivity index (χ2n) is 3.52. The summed E-state index contributed by atoms with van der Waals surface area (Å²) in [7, 11) is 0. The predicted octanol–water partition coefficient (Wildman–Crippen LogP) is 2.53. The van der Waals surface area contributed by atoms with Crippen LogP contribution in [0.5, 0.6) is 11.6 Å². The molecule has 0 aliphatic rings. The number of carboxylic acid groups (broad SMARTS) is 1. The SMILES string of the molecule is O=C(O)c1cncc(Oc2cc([N+](=O)[O-])ccc2Cl)n1. The van der Waals surface area contributed by atoms with Crippen LogP contribution in [0.4, 0.5) is 5.69 Å². The van der Waals surface area contributed by atoms with Gasteiger partial charge in [-0.25, -0.2) is 9.78 Å². The number of ether oxygens (including phenoxy) is 1. The molecular formula is C11H6ClN3O5. The lowest BCUT2D eigenvalue weighted by atomic mass is 10.3. The summed E-state index contributed by atoms with van der Waals surface area (Å²) in [5.41, 5.74) is -0.532. The standard InChI is InChI=1S/C11H6ClN3O5/c12-7-2-1-6(15(18)19)3-9(7)20-10-5-13-4-8(14-10)11(16)17/h1-5H,(H,16,17). The number of non-ortho nitro benzene ring substituents is 1. The molecule has 9 heteroatoms. The molecule has 1 aromatic carbocycles. The maximum absolute atomic E-state index is 10.7. The summed E-state index contributed by atoms with van der Waals surface area (Å²) in [6.45, 7) is 0. The molecule has 0 aliphatic carbocycles. The number of carboxylic acids is 1. The van der Waals surface area contributed by atoms with E-state index in [9.17, 15) is 14.9 Å². The average Bonchev–Trinajstić information content (AvgIpc) is 2.41. The molecule has 20 heavy (non-hydrogen) atoms. The van der Waals surface area contributed by atoms with Crippen molar-refractivity contribution in [2.75, 3.05) is 0 Å². The molecule has 2 aromatic rings. The van der Waals surface area contributed by atoms with Crippen molar-refractivity contribution in [3.05, 3.63) is 51.4 Å². The Labute approximate surface area is 116 Å². The number of nitrogens with zero attached hydrogens (tertiary/aromatic N) is 3. The van der Waals surface area contributed by atoms with E-state index < -0.39 is 10.9 Å². The first kappa shape index (κ1) is 13.7. The van der Waals surface area contributed by atoms with Gasteiger partial charge in [-0.2, -0.15) is 0 Å². The highest BCUT2D eigenvalue weighted by Crippen LogP contribution is 2.31. The fourth-order valence-corrected chi connectivity index (χ4v) is 1.45. The van der Waals surface area contributed by atoms with E-state index >= 15 is 0 Å². The highest BCUT2D eigenvalue weighted by molar-refractivity contribution is 6.32. The first-order valence-electron chi connectivity index (χ1n) is 5.14. The molecule has 1 heterocycles. The number of aromatic nitrogens is 2. The van der Waals surface area contributed by atoms with Crippen molar-refractivity contribution < 1.29 is 19.6 Å². The second kappa shape index (κ2) is 5.49. The number of benzene rings is 1. The number of nitro benzene ring substituents is 1. The Balaban J connectivity index is 2.34. The molecule has 8 nitrogen and oxygen atoms in total. The average molecular weight is 296 g/mol. The number of aromatic carboxylic acids is 1. The highest BCUT2D eigenvalue weighted by Gasteiger charge is 2.13. The zero-order chi connectivity index (χ0) is 14.7. The lowest BCUT2D eigenvalue weighted by Gasteiger charge is -2.06. The third-order valence-corrected chi connectivity index (χ3v) is 2.48. The van der Waals surface area contributed by atoms with Crippen LogP contribution in [0.3, 0.4) is 0 Å². The van der Waals surface area contributed by atoms with Crippen molar-refractivity contribution in [3.8, 4) is 11.6 Å². The number of nitro groups is 1. The number of halogens is 1. The smallest absolute Gasteiger partial charge is 0.356 e. The van der Waals surface area contributed by atoms with Gasteiger partial charge in [-0.1, -0.05) is 11.6 Å². The van der Waals surface area contributed by atoms with Gasteiger partial charge < -0.3 is 9.84 Å². The maximum atomic E-state index is 10.7. The van der Waals surface area contributed by atoms with Gasteiger partial charge >= 0.3 is 5.97 Å². The van der Waals surface area contributed by atoms with Crippen molar-refractivity contribution >= 4 is 23.3 Å². The quantitative estimate of drug-likeness (QED) is 0.680. The Hall–Kier alpha value is -2.74. The van der Waals surface area contributed by atoms with Gasteiger partial charge in [0.05, 0.1) is 28.4 Å². The lowest BCUT2D eigenvalue weighted by molar-refractivity contribution is -0.384. The number of carbonyl (C=O) groups is 1. The summed E-state index contributed by atoms with van der Waals surface area (Å²) in [4.78, 5) is 28.1. The second-order valence-corrected chi connectivity index (χ2v) is 3.93. The summed E-state index contributed by atoms with van der Waals surface area (Å²) in [5.74, 6) is -1.42. The molecule has 102 valence electrons. The zero-order valence-electron chi connectivity index (χ0n) is 9.69. The molecule has 0 unspecified atom stereocenters. The van der Waals surface area contributed by atoms with Crippen molar-refractivity contribution in [1.82, 2.24) is 9.97 Å². The van der Waals surface area contributed by atoms with Crippen LogP contribution in [0.15, 0.2) is 30.6 Å². The van der Waals surface area contributed by atoms with Gasteiger partial charge in [0, 0.05) is 6.07 Å². The molecule has 0 saturated carbocycles. The fraction of sp³-hybridized carbons (Fsp3) is 0. The van der Waals surface area contributed by atoms with Crippen LogP contribution in [0.25, 0.3) is 0 Å². The Morgan fingerprint density at radius 1 is 1.40 bits per heavy atom. The van der Waals surface area contributed by atoms with Crippen LogP contribution >= 0.6 is 11.6 Å². The minimum absolute atomic E-state index is 0.0160. The van der Waals surface area contributed by atoms with Crippen molar-refractivity contribution in [3.63, 3.8) is 0 Å². The van der Waals surface area contributed by atoms with E-state index in [0.717, 1.165) is 12.3 Å². The van der Waals surface area contributed by atoms with Gasteiger partial charge in [0.1, 0.15) is 0 Å². The molecule has 1 aromatic heterocycles. The Morgan fingerprint density at radius 3 is 2.80 bits per heavy atom. The van der Waals surface area contributed by atoms with Crippen LogP contribution in [-0.4, -0.2) is 26.0 Å². The molecule has 0 aliphatic heterocycles. The summed E-state index contributed by atoms with van der Waals surface area (Å²) < 4.78 is 5.22. The maximum Gasteiger partial charge on any atom is 0.356 e. The van der Waals surface area contributed by atoms with Crippen LogP contribution < -0.4 is 4.74 Å². The van der Waals surface area contributed by atoms with Gasteiger partial charge in [-0.15, -0.1) is 0 Å². The minimum atomic E-state index is -1.27. The minimum Gasteiger partial charge on any atom is -0.476 e. The number of hydrogen-bond acceptors (Lipinski definition) is 6. The fourth-order valence-electron chi connectivity index (χ4n) is 1.30. The summed E-state index contributed by atoms with van der Waals surface area (Å²) in [5, 5.41) is 19.6.